The number of nitrogens with one attached hydrogen (secondary N) is 1. The van der Waals surface area contributed by atoms with Crippen molar-refractivity contribution in [3.8, 4) is 6.07 Å². The molecule has 144 valence electrons. The number of aromatic nitrogens is 2. The second-order valence-corrected chi connectivity index (χ2v) is 7.89. The molecule has 0 aromatic carbocycles. The van der Waals surface area contributed by atoms with E-state index in [2.05, 4.69) is 26.3 Å². The first kappa shape index (κ1) is 17.2. The number of hydrogen-bond donors (Lipinski definition) is 1. The number of amides is 1. The normalized spacial score (nSPS) is 30.3. The summed E-state index contributed by atoms with van der Waals surface area (Å²) in [6.07, 6.45) is 6.85. The maximum Gasteiger partial charge on any atom is 0.287 e. The van der Waals surface area contributed by atoms with Crippen molar-refractivity contribution in [1.82, 2.24) is 15.3 Å². The Bertz CT molecular complexity index is 967. The molecule has 2 bridgehead atoms. The molecule has 0 saturated carbocycles. The highest BCUT2D eigenvalue weighted by molar-refractivity contribution is 5.92. The number of rotatable bonds is 4. The van der Waals surface area contributed by atoms with Gasteiger partial charge in [0.25, 0.3) is 5.91 Å². The standard InChI is InChI=1S/C20H21N5O3/c1-12-3-7-27-17(12)19(26)24-9-13-14-10-25(11-20(14)4-2-16(13)28-20)18-15(8-21)22-5-6-23-18/h3,5-7,13-14,16H,2,4,9-11H2,1H3,(H,24,26)/t13-,14+,16+,20+/m0/s1. The summed E-state index contributed by atoms with van der Waals surface area (Å²) in [5.74, 6) is 1.33. The third-order valence-electron chi connectivity index (χ3n) is 6.43. The molecule has 3 aliphatic rings. The van der Waals surface area contributed by atoms with Gasteiger partial charge in [0.05, 0.1) is 18.0 Å². The molecule has 28 heavy (non-hydrogen) atoms. The van der Waals surface area contributed by atoms with Crippen LogP contribution >= 0.6 is 0 Å². The molecule has 3 saturated heterocycles. The topological polar surface area (TPSA) is 104 Å². The number of nitriles is 1. The van der Waals surface area contributed by atoms with E-state index in [-0.39, 0.29) is 29.4 Å². The Hall–Kier alpha value is -2.92. The Labute approximate surface area is 162 Å². The van der Waals surface area contributed by atoms with Crippen molar-refractivity contribution < 1.29 is 13.9 Å². The van der Waals surface area contributed by atoms with Gasteiger partial charge in [-0.3, -0.25) is 4.79 Å². The van der Waals surface area contributed by atoms with Crippen LogP contribution in [0.3, 0.4) is 0 Å². The molecule has 4 atom stereocenters. The molecule has 1 amide bonds. The van der Waals surface area contributed by atoms with E-state index in [0.717, 1.165) is 24.9 Å². The van der Waals surface area contributed by atoms with E-state index < -0.39 is 0 Å². The van der Waals surface area contributed by atoms with Gasteiger partial charge in [-0.2, -0.15) is 5.26 Å². The first-order valence-electron chi connectivity index (χ1n) is 9.57. The van der Waals surface area contributed by atoms with Crippen LogP contribution in [0.4, 0.5) is 5.82 Å². The maximum atomic E-state index is 12.4. The lowest BCUT2D eigenvalue weighted by Gasteiger charge is -2.29. The smallest absolute Gasteiger partial charge is 0.287 e. The van der Waals surface area contributed by atoms with Crippen molar-refractivity contribution in [2.75, 3.05) is 24.5 Å². The molecule has 0 radical (unpaired) electrons. The van der Waals surface area contributed by atoms with E-state index in [4.69, 9.17) is 9.15 Å². The quantitative estimate of drug-likeness (QED) is 0.861. The average Bonchev–Trinajstić information content (AvgIpc) is 3.46. The summed E-state index contributed by atoms with van der Waals surface area (Å²) < 4.78 is 11.7. The van der Waals surface area contributed by atoms with E-state index in [1.54, 1.807) is 12.3 Å². The average molecular weight is 379 g/mol. The van der Waals surface area contributed by atoms with Gasteiger partial charge < -0.3 is 19.4 Å². The molecule has 1 N–H and O–H groups in total. The SMILES string of the molecule is Cc1ccoc1C(=O)NC[C@H]1[C@H]2CN(c3nccnc3C#N)C[C@]23CC[C@H]1O3. The molecule has 0 aliphatic carbocycles. The monoisotopic (exact) mass is 379 g/mol. The van der Waals surface area contributed by atoms with Crippen LogP contribution < -0.4 is 10.2 Å². The fourth-order valence-corrected chi connectivity index (χ4v) is 5.16. The van der Waals surface area contributed by atoms with Gasteiger partial charge in [0.15, 0.2) is 17.3 Å². The molecule has 5 heterocycles. The van der Waals surface area contributed by atoms with Gasteiger partial charge in [-0.25, -0.2) is 9.97 Å². The lowest BCUT2D eigenvalue weighted by atomic mass is 9.73. The molecule has 0 unspecified atom stereocenters. The number of fused-ring (bicyclic) bond motifs is 1. The van der Waals surface area contributed by atoms with Gasteiger partial charge in [0.2, 0.25) is 0 Å². The Morgan fingerprint density at radius 2 is 2.32 bits per heavy atom. The summed E-state index contributed by atoms with van der Waals surface area (Å²) in [6.45, 7) is 3.87. The van der Waals surface area contributed by atoms with Gasteiger partial charge in [0.1, 0.15) is 6.07 Å². The minimum absolute atomic E-state index is 0.169. The Morgan fingerprint density at radius 3 is 3.11 bits per heavy atom. The van der Waals surface area contributed by atoms with Crippen molar-refractivity contribution in [3.05, 3.63) is 41.7 Å². The van der Waals surface area contributed by atoms with Crippen molar-refractivity contribution in [2.24, 2.45) is 11.8 Å². The highest BCUT2D eigenvalue weighted by Crippen LogP contribution is 2.55. The fraction of sp³-hybridized carbons (Fsp3) is 0.500. The van der Waals surface area contributed by atoms with Crippen LogP contribution in [-0.2, 0) is 4.74 Å². The van der Waals surface area contributed by atoms with Crippen LogP contribution in [0.25, 0.3) is 0 Å². The maximum absolute atomic E-state index is 12.4. The van der Waals surface area contributed by atoms with Crippen molar-refractivity contribution in [1.29, 1.82) is 5.26 Å². The zero-order chi connectivity index (χ0) is 19.3. The number of carbonyl (C=O) groups is 1. The van der Waals surface area contributed by atoms with Crippen molar-refractivity contribution >= 4 is 11.7 Å². The molecule has 2 aromatic rings. The second-order valence-electron chi connectivity index (χ2n) is 7.89. The van der Waals surface area contributed by atoms with Crippen molar-refractivity contribution in [2.45, 2.75) is 31.5 Å². The van der Waals surface area contributed by atoms with E-state index >= 15 is 0 Å². The van der Waals surface area contributed by atoms with E-state index in [1.807, 2.05) is 6.92 Å². The fourth-order valence-electron chi connectivity index (χ4n) is 5.16. The molecule has 8 nitrogen and oxygen atoms in total. The van der Waals surface area contributed by atoms with Gasteiger partial charge in [-0.1, -0.05) is 0 Å². The van der Waals surface area contributed by atoms with Crippen molar-refractivity contribution in [3.63, 3.8) is 0 Å². The number of anilines is 1. The Balaban J connectivity index is 1.33. The number of nitrogens with zero attached hydrogens (tertiary/aromatic N) is 4. The number of furan rings is 1. The van der Waals surface area contributed by atoms with E-state index in [0.29, 0.717) is 30.4 Å². The summed E-state index contributed by atoms with van der Waals surface area (Å²) in [4.78, 5) is 23.1. The largest absolute Gasteiger partial charge is 0.459 e. The third kappa shape index (κ3) is 2.50. The lowest BCUT2D eigenvalue weighted by molar-refractivity contribution is 0.0141. The number of carbonyl (C=O) groups excluding carboxylic acids is 1. The van der Waals surface area contributed by atoms with Gasteiger partial charge in [-0.15, -0.1) is 0 Å². The number of hydrogen-bond acceptors (Lipinski definition) is 7. The van der Waals surface area contributed by atoms with Crippen LogP contribution in [0.15, 0.2) is 29.1 Å². The summed E-state index contributed by atoms with van der Waals surface area (Å²) in [5.41, 5.74) is 0.953. The predicted octanol–water partition coefficient (Wildman–Crippen LogP) is 1.66. The molecule has 3 aliphatic heterocycles. The highest BCUT2D eigenvalue weighted by Gasteiger charge is 2.63. The van der Waals surface area contributed by atoms with E-state index in [1.165, 1.54) is 12.5 Å². The first-order valence-corrected chi connectivity index (χ1v) is 9.57. The zero-order valence-corrected chi connectivity index (χ0v) is 15.6. The van der Waals surface area contributed by atoms with Crippen LogP contribution in [0, 0.1) is 30.1 Å². The van der Waals surface area contributed by atoms with E-state index in [9.17, 15) is 10.1 Å². The van der Waals surface area contributed by atoms with Crippen LogP contribution in [0.5, 0.6) is 0 Å². The minimum atomic E-state index is -0.217. The van der Waals surface area contributed by atoms with Gasteiger partial charge in [0, 0.05) is 49.4 Å². The Kier molecular flexibility index (Phi) is 3.88. The third-order valence-corrected chi connectivity index (χ3v) is 6.43. The van der Waals surface area contributed by atoms with Gasteiger partial charge in [-0.05, 0) is 25.8 Å². The predicted molar refractivity (Wildman–Crippen MR) is 98.6 cm³/mol. The lowest BCUT2D eigenvalue weighted by Crippen LogP contribution is -2.41. The summed E-state index contributed by atoms with van der Waals surface area (Å²) in [6, 6.07) is 3.91. The number of ether oxygens (including phenoxy) is 1. The molecule has 5 rings (SSSR count). The molecule has 3 fully saturated rings. The second kappa shape index (κ2) is 6.31. The summed E-state index contributed by atoms with van der Waals surface area (Å²) >= 11 is 0. The summed E-state index contributed by atoms with van der Waals surface area (Å²) in [5, 5.41) is 12.4. The van der Waals surface area contributed by atoms with Crippen LogP contribution in [-0.4, -0.2) is 47.2 Å². The molecule has 1 spiro atoms. The van der Waals surface area contributed by atoms with Crippen LogP contribution in [0.1, 0.15) is 34.7 Å². The van der Waals surface area contributed by atoms with Crippen LogP contribution in [0.2, 0.25) is 0 Å². The summed E-state index contributed by atoms with van der Waals surface area (Å²) in [7, 11) is 0. The molecule has 8 heteroatoms. The first-order chi connectivity index (χ1) is 13.6. The molecular formula is C20H21N5O3. The zero-order valence-electron chi connectivity index (χ0n) is 15.6. The minimum Gasteiger partial charge on any atom is -0.459 e. The Morgan fingerprint density at radius 1 is 1.46 bits per heavy atom. The highest BCUT2D eigenvalue weighted by atomic mass is 16.5. The molecular weight excluding hydrogens is 358 g/mol. The van der Waals surface area contributed by atoms with Gasteiger partial charge >= 0.3 is 0 Å². The number of aryl methyl sites for hydroxylation is 1. The molecule has 2 aromatic heterocycles.